The number of nitriles is 1. The lowest BCUT2D eigenvalue weighted by Crippen LogP contribution is -2.62. The number of benzene rings is 1. The summed E-state index contributed by atoms with van der Waals surface area (Å²) in [6.45, 7) is 7.21. The molecule has 0 bridgehead atoms. The van der Waals surface area contributed by atoms with E-state index in [1.54, 1.807) is 6.07 Å². The molecule has 3 rings (SSSR count). The second-order valence-electron chi connectivity index (χ2n) is 5.59. The molecule has 1 aromatic carbocycles. The predicted molar refractivity (Wildman–Crippen MR) is 74.6 cm³/mol. The van der Waals surface area contributed by atoms with Gasteiger partial charge in [0.25, 0.3) is 0 Å². The Morgan fingerprint density at radius 1 is 1.25 bits per heavy atom. The molecule has 2 fully saturated rings. The van der Waals surface area contributed by atoms with Gasteiger partial charge in [-0.1, -0.05) is 0 Å². The molecule has 0 aromatic heterocycles. The molecule has 20 heavy (non-hydrogen) atoms. The number of halogens is 1. The van der Waals surface area contributed by atoms with Gasteiger partial charge in [-0.05, 0) is 23.8 Å². The fourth-order valence-corrected chi connectivity index (χ4v) is 3.01. The van der Waals surface area contributed by atoms with Gasteiger partial charge in [0.2, 0.25) is 0 Å². The van der Waals surface area contributed by atoms with Crippen molar-refractivity contribution < 1.29 is 4.39 Å². The van der Waals surface area contributed by atoms with Crippen LogP contribution in [0.5, 0.6) is 0 Å². The van der Waals surface area contributed by atoms with Crippen LogP contribution in [0.3, 0.4) is 0 Å². The maximum Gasteiger partial charge on any atom is 0.124 e. The van der Waals surface area contributed by atoms with Crippen LogP contribution in [-0.2, 0) is 6.54 Å². The van der Waals surface area contributed by atoms with Crippen molar-refractivity contribution in [3.8, 4) is 6.07 Å². The van der Waals surface area contributed by atoms with E-state index in [0.717, 1.165) is 51.4 Å². The Balaban J connectivity index is 1.53. The number of likely N-dealkylation sites (tertiary alicyclic amines) is 1. The van der Waals surface area contributed by atoms with Crippen molar-refractivity contribution in [3.63, 3.8) is 0 Å². The number of piperazine rings is 1. The highest BCUT2D eigenvalue weighted by Crippen LogP contribution is 2.19. The van der Waals surface area contributed by atoms with Crippen LogP contribution in [0, 0.1) is 17.1 Å². The molecule has 0 spiro atoms. The van der Waals surface area contributed by atoms with Gasteiger partial charge in [-0.2, -0.15) is 5.26 Å². The minimum absolute atomic E-state index is 0.321. The highest BCUT2D eigenvalue weighted by Gasteiger charge is 2.32. The zero-order valence-electron chi connectivity index (χ0n) is 11.5. The molecule has 0 saturated carbocycles. The van der Waals surface area contributed by atoms with Crippen molar-refractivity contribution in [3.05, 3.63) is 35.1 Å². The van der Waals surface area contributed by atoms with E-state index in [2.05, 4.69) is 15.1 Å². The number of rotatable bonds is 3. The molecule has 0 amide bonds. The second kappa shape index (κ2) is 5.88. The first kappa shape index (κ1) is 13.5. The van der Waals surface area contributed by atoms with Crippen molar-refractivity contribution in [1.82, 2.24) is 15.1 Å². The molecule has 2 aliphatic rings. The quantitative estimate of drug-likeness (QED) is 0.885. The Morgan fingerprint density at radius 2 is 2.00 bits per heavy atom. The zero-order chi connectivity index (χ0) is 13.9. The zero-order valence-corrected chi connectivity index (χ0v) is 11.5. The van der Waals surface area contributed by atoms with E-state index in [9.17, 15) is 4.39 Å². The van der Waals surface area contributed by atoms with Gasteiger partial charge < -0.3 is 5.32 Å². The SMILES string of the molecule is N#Cc1cc(F)cc(CN2CC(N3CCNCC3)C2)c1. The summed E-state index contributed by atoms with van der Waals surface area (Å²) in [5.74, 6) is -0.321. The molecule has 4 nitrogen and oxygen atoms in total. The van der Waals surface area contributed by atoms with Crippen molar-refractivity contribution in [2.45, 2.75) is 12.6 Å². The van der Waals surface area contributed by atoms with Crippen LogP contribution >= 0.6 is 0 Å². The van der Waals surface area contributed by atoms with Gasteiger partial charge in [0.05, 0.1) is 11.6 Å². The molecule has 0 atom stereocenters. The molecule has 1 aromatic rings. The van der Waals surface area contributed by atoms with Crippen LogP contribution in [0.4, 0.5) is 4.39 Å². The van der Waals surface area contributed by atoms with E-state index in [4.69, 9.17) is 5.26 Å². The number of nitrogens with zero attached hydrogens (tertiary/aromatic N) is 3. The summed E-state index contributed by atoms with van der Waals surface area (Å²) >= 11 is 0. The van der Waals surface area contributed by atoms with E-state index in [1.165, 1.54) is 12.1 Å². The Kier molecular flexibility index (Phi) is 3.97. The lowest BCUT2D eigenvalue weighted by molar-refractivity contribution is 0.0222. The third-order valence-electron chi connectivity index (χ3n) is 4.10. The van der Waals surface area contributed by atoms with Crippen molar-refractivity contribution in [2.24, 2.45) is 0 Å². The van der Waals surface area contributed by atoms with Gasteiger partial charge >= 0.3 is 0 Å². The predicted octanol–water partition coefficient (Wildman–Crippen LogP) is 0.787. The number of hydrogen-bond acceptors (Lipinski definition) is 4. The summed E-state index contributed by atoms with van der Waals surface area (Å²) in [6.07, 6.45) is 0. The largest absolute Gasteiger partial charge is 0.314 e. The van der Waals surface area contributed by atoms with Crippen LogP contribution in [0.15, 0.2) is 18.2 Å². The minimum Gasteiger partial charge on any atom is -0.314 e. The number of hydrogen-bond donors (Lipinski definition) is 1. The minimum atomic E-state index is -0.321. The average molecular weight is 274 g/mol. The van der Waals surface area contributed by atoms with E-state index < -0.39 is 0 Å². The highest BCUT2D eigenvalue weighted by molar-refractivity contribution is 5.33. The molecule has 1 N–H and O–H groups in total. The lowest BCUT2D eigenvalue weighted by Gasteiger charge is -2.46. The van der Waals surface area contributed by atoms with Gasteiger partial charge in [-0.15, -0.1) is 0 Å². The smallest absolute Gasteiger partial charge is 0.124 e. The third kappa shape index (κ3) is 2.98. The van der Waals surface area contributed by atoms with E-state index in [-0.39, 0.29) is 5.82 Å². The monoisotopic (exact) mass is 274 g/mol. The Hall–Kier alpha value is -1.48. The fourth-order valence-electron chi connectivity index (χ4n) is 3.01. The summed E-state index contributed by atoms with van der Waals surface area (Å²) in [4.78, 5) is 4.84. The standard InChI is InChI=1S/C15H19FN4/c16-14-6-12(8-17)5-13(7-14)9-19-10-15(11-19)20-3-1-18-2-4-20/h5-7,15,18H,1-4,9-11H2. The Labute approximate surface area is 118 Å². The maximum absolute atomic E-state index is 13.4. The molecule has 2 aliphatic heterocycles. The molecule has 0 aliphatic carbocycles. The third-order valence-corrected chi connectivity index (χ3v) is 4.10. The van der Waals surface area contributed by atoms with Gasteiger partial charge in [0.15, 0.2) is 0 Å². The summed E-state index contributed by atoms with van der Waals surface area (Å²) in [5, 5.41) is 12.2. The first-order chi connectivity index (χ1) is 9.74. The average Bonchev–Trinajstić information content (AvgIpc) is 2.42. The molecule has 0 unspecified atom stereocenters. The molecule has 106 valence electrons. The summed E-state index contributed by atoms with van der Waals surface area (Å²) in [7, 11) is 0. The van der Waals surface area contributed by atoms with Crippen LogP contribution in [-0.4, -0.2) is 55.1 Å². The van der Waals surface area contributed by atoms with E-state index >= 15 is 0 Å². The molecular weight excluding hydrogens is 255 g/mol. The number of nitrogens with one attached hydrogen (secondary N) is 1. The van der Waals surface area contributed by atoms with Crippen molar-refractivity contribution in [1.29, 1.82) is 5.26 Å². The summed E-state index contributed by atoms with van der Waals surface area (Å²) < 4.78 is 13.4. The fraction of sp³-hybridized carbons (Fsp3) is 0.533. The van der Waals surface area contributed by atoms with Crippen molar-refractivity contribution in [2.75, 3.05) is 39.3 Å². The molecule has 5 heteroatoms. The van der Waals surface area contributed by atoms with Gasteiger partial charge in [-0.3, -0.25) is 9.80 Å². The first-order valence-electron chi connectivity index (χ1n) is 7.11. The first-order valence-corrected chi connectivity index (χ1v) is 7.11. The van der Waals surface area contributed by atoms with Gasteiger partial charge in [0, 0.05) is 51.9 Å². The van der Waals surface area contributed by atoms with E-state index in [1.807, 2.05) is 6.07 Å². The van der Waals surface area contributed by atoms with Gasteiger partial charge in [0.1, 0.15) is 5.82 Å². The van der Waals surface area contributed by atoms with Crippen molar-refractivity contribution >= 4 is 0 Å². The molecule has 0 radical (unpaired) electrons. The lowest BCUT2D eigenvalue weighted by atomic mass is 10.0. The van der Waals surface area contributed by atoms with E-state index in [0.29, 0.717) is 11.6 Å². The summed E-state index contributed by atoms with van der Waals surface area (Å²) in [6, 6.07) is 7.23. The Morgan fingerprint density at radius 3 is 2.70 bits per heavy atom. The molecular formula is C15H19FN4. The Bertz CT molecular complexity index is 513. The molecule has 2 heterocycles. The highest BCUT2D eigenvalue weighted by atomic mass is 19.1. The van der Waals surface area contributed by atoms with Gasteiger partial charge in [-0.25, -0.2) is 4.39 Å². The second-order valence-corrected chi connectivity index (χ2v) is 5.59. The normalized spacial score (nSPS) is 21.4. The molecule has 2 saturated heterocycles. The van der Waals surface area contributed by atoms with Crippen LogP contribution in [0.25, 0.3) is 0 Å². The van der Waals surface area contributed by atoms with Crippen LogP contribution < -0.4 is 5.32 Å². The summed E-state index contributed by atoms with van der Waals surface area (Å²) in [5.41, 5.74) is 1.29. The van der Waals surface area contributed by atoms with Crippen LogP contribution in [0.1, 0.15) is 11.1 Å². The van der Waals surface area contributed by atoms with Crippen LogP contribution in [0.2, 0.25) is 0 Å². The maximum atomic E-state index is 13.4. The topological polar surface area (TPSA) is 42.3 Å².